The summed E-state index contributed by atoms with van der Waals surface area (Å²) in [5, 5.41) is 12.0. The van der Waals surface area contributed by atoms with E-state index in [2.05, 4.69) is 5.32 Å². The number of carboxylic acid groups (broad SMARTS) is 1. The first kappa shape index (κ1) is 8.81. The molecule has 1 saturated carbocycles. The van der Waals surface area contributed by atoms with Crippen LogP contribution in [0.15, 0.2) is 0 Å². The lowest BCUT2D eigenvalue weighted by atomic mass is 9.99. The number of piperidine rings is 1. The smallest absolute Gasteiger partial charge is 0.308 e. The second kappa shape index (κ2) is 2.99. The highest BCUT2D eigenvalue weighted by Crippen LogP contribution is 2.36. The summed E-state index contributed by atoms with van der Waals surface area (Å²) in [5.74, 6) is -0.278. The second-order valence-electron chi connectivity index (χ2n) is 3.22. The molecule has 2 fully saturated rings. The van der Waals surface area contributed by atoms with Crippen molar-refractivity contribution in [3.63, 3.8) is 0 Å². The van der Waals surface area contributed by atoms with Crippen LogP contribution in [0.4, 0.5) is 0 Å². The zero-order valence-corrected chi connectivity index (χ0v) is 6.93. The molecular weight excluding hydrogens is 166 g/mol. The van der Waals surface area contributed by atoms with E-state index in [0.29, 0.717) is 5.92 Å². The van der Waals surface area contributed by atoms with Gasteiger partial charge in [0.1, 0.15) is 0 Å². The molecule has 2 rings (SSSR count). The lowest BCUT2D eigenvalue weighted by molar-refractivity contribution is -0.142. The summed E-state index contributed by atoms with van der Waals surface area (Å²) < 4.78 is 0. The molecule has 3 nitrogen and oxygen atoms in total. The van der Waals surface area contributed by atoms with E-state index in [9.17, 15) is 4.79 Å². The topological polar surface area (TPSA) is 49.3 Å². The van der Waals surface area contributed by atoms with Crippen LogP contribution in [-0.4, -0.2) is 23.7 Å². The molecule has 1 saturated heterocycles. The van der Waals surface area contributed by atoms with E-state index in [-0.39, 0.29) is 24.4 Å². The number of halogens is 1. The molecule has 2 aliphatic rings. The van der Waals surface area contributed by atoms with Gasteiger partial charge in [-0.2, -0.15) is 0 Å². The fraction of sp³-hybridized carbons (Fsp3) is 0.857. The van der Waals surface area contributed by atoms with E-state index in [0.717, 1.165) is 19.4 Å². The summed E-state index contributed by atoms with van der Waals surface area (Å²) in [6, 6.07) is 0.280. The van der Waals surface area contributed by atoms with Crippen LogP contribution >= 0.6 is 12.4 Å². The Balaban J connectivity index is 0.000000605. The summed E-state index contributed by atoms with van der Waals surface area (Å²) in [4.78, 5) is 10.6. The van der Waals surface area contributed by atoms with Crippen molar-refractivity contribution in [2.75, 3.05) is 6.54 Å². The van der Waals surface area contributed by atoms with Crippen molar-refractivity contribution in [1.29, 1.82) is 0 Å². The minimum absolute atomic E-state index is 0. The normalized spacial score (nSPS) is 40.2. The summed E-state index contributed by atoms with van der Waals surface area (Å²) in [6.07, 6.45) is 2.16. The quantitative estimate of drug-likeness (QED) is 0.613. The molecule has 1 heterocycles. The Morgan fingerprint density at radius 2 is 2.18 bits per heavy atom. The van der Waals surface area contributed by atoms with E-state index in [1.807, 2.05) is 0 Å². The molecule has 3 atom stereocenters. The SMILES string of the molecule is Cl.O=C(O)[C@@H]1[C@H]2CC[C@@H]1NC2. The van der Waals surface area contributed by atoms with Gasteiger partial charge in [-0.05, 0) is 25.3 Å². The molecule has 1 aliphatic heterocycles. The van der Waals surface area contributed by atoms with Gasteiger partial charge in [0.25, 0.3) is 0 Å². The zero-order valence-electron chi connectivity index (χ0n) is 6.12. The van der Waals surface area contributed by atoms with Gasteiger partial charge < -0.3 is 10.4 Å². The molecule has 11 heavy (non-hydrogen) atoms. The summed E-state index contributed by atoms with van der Waals surface area (Å²) in [6.45, 7) is 0.918. The Labute approximate surface area is 71.6 Å². The molecule has 2 bridgehead atoms. The van der Waals surface area contributed by atoms with E-state index >= 15 is 0 Å². The van der Waals surface area contributed by atoms with Gasteiger partial charge in [-0.15, -0.1) is 12.4 Å². The molecule has 1 aliphatic carbocycles. The third-order valence-corrected chi connectivity index (χ3v) is 2.72. The minimum atomic E-state index is -0.613. The molecule has 0 radical (unpaired) electrons. The summed E-state index contributed by atoms with van der Waals surface area (Å²) >= 11 is 0. The van der Waals surface area contributed by atoms with Gasteiger partial charge in [0.05, 0.1) is 5.92 Å². The standard InChI is InChI=1S/C7H11NO2.ClH/c9-7(10)6-4-1-2-5(6)8-3-4;/h4-6,8H,1-3H2,(H,9,10);1H/t4-,5-,6+;/m0./s1. The Morgan fingerprint density at radius 1 is 1.45 bits per heavy atom. The average Bonchev–Trinajstić information content (AvgIpc) is 2.43. The highest BCUT2D eigenvalue weighted by molar-refractivity contribution is 5.85. The number of rotatable bonds is 1. The Morgan fingerprint density at radius 3 is 2.36 bits per heavy atom. The van der Waals surface area contributed by atoms with E-state index < -0.39 is 5.97 Å². The van der Waals surface area contributed by atoms with Crippen LogP contribution in [0.1, 0.15) is 12.8 Å². The van der Waals surface area contributed by atoms with E-state index in [1.54, 1.807) is 0 Å². The lowest BCUT2D eigenvalue weighted by Crippen LogP contribution is -2.28. The van der Waals surface area contributed by atoms with Crippen LogP contribution in [0.3, 0.4) is 0 Å². The van der Waals surface area contributed by atoms with Crippen LogP contribution in [-0.2, 0) is 4.79 Å². The van der Waals surface area contributed by atoms with Gasteiger partial charge in [-0.1, -0.05) is 0 Å². The maximum atomic E-state index is 10.6. The van der Waals surface area contributed by atoms with Crippen molar-refractivity contribution in [3.8, 4) is 0 Å². The Bertz CT molecular complexity index is 154. The van der Waals surface area contributed by atoms with Gasteiger partial charge in [-0.3, -0.25) is 4.79 Å². The predicted molar refractivity (Wildman–Crippen MR) is 42.9 cm³/mol. The monoisotopic (exact) mass is 177 g/mol. The van der Waals surface area contributed by atoms with Gasteiger partial charge in [0.15, 0.2) is 0 Å². The number of hydrogen-bond donors (Lipinski definition) is 2. The lowest BCUT2D eigenvalue weighted by Gasteiger charge is -2.08. The van der Waals surface area contributed by atoms with Crippen LogP contribution in [0, 0.1) is 11.8 Å². The van der Waals surface area contributed by atoms with Crippen LogP contribution in [0.2, 0.25) is 0 Å². The van der Waals surface area contributed by atoms with Crippen molar-refractivity contribution < 1.29 is 9.90 Å². The largest absolute Gasteiger partial charge is 0.481 e. The number of aliphatic carboxylic acids is 1. The Hall–Kier alpha value is -0.280. The van der Waals surface area contributed by atoms with Crippen LogP contribution < -0.4 is 5.32 Å². The summed E-state index contributed by atoms with van der Waals surface area (Å²) in [5.41, 5.74) is 0. The van der Waals surface area contributed by atoms with Crippen LogP contribution in [0.25, 0.3) is 0 Å². The van der Waals surface area contributed by atoms with Crippen molar-refractivity contribution in [2.45, 2.75) is 18.9 Å². The van der Waals surface area contributed by atoms with Crippen LogP contribution in [0.5, 0.6) is 0 Å². The molecule has 0 unspecified atom stereocenters. The van der Waals surface area contributed by atoms with Gasteiger partial charge in [0, 0.05) is 6.04 Å². The Kier molecular flexibility index (Phi) is 2.40. The maximum Gasteiger partial charge on any atom is 0.308 e. The molecular formula is C7H12ClNO2. The minimum Gasteiger partial charge on any atom is -0.481 e. The molecule has 0 aromatic carbocycles. The number of hydrogen-bond acceptors (Lipinski definition) is 2. The molecule has 0 aromatic rings. The molecule has 4 heteroatoms. The van der Waals surface area contributed by atoms with Gasteiger partial charge >= 0.3 is 5.97 Å². The first-order valence-electron chi connectivity index (χ1n) is 3.75. The summed E-state index contributed by atoms with van der Waals surface area (Å²) in [7, 11) is 0. The molecule has 64 valence electrons. The fourth-order valence-corrected chi connectivity index (χ4v) is 2.22. The second-order valence-corrected chi connectivity index (χ2v) is 3.22. The molecule has 0 aromatic heterocycles. The number of nitrogens with one attached hydrogen (secondary N) is 1. The predicted octanol–water partition coefficient (Wildman–Crippen LogP) is 0.491. The zero-order chi connectivity index (χ0) is 7.14. The number of carbonyl (C=O) groups is 1. The van der Waals surface area contributed by atoms with Gasteiger partial charge in [0.2, 0.25) is 0 Å². The number of fused-ring (bicyclic) bond motifs is 2. The fourth-order valence-electron chi connectivity index (χ4n) is 2.22. The highest BCUT2D eigenvalue weighted by atomic mass is 35.5. The third-order valence-electron chi connectivity index (χ3n) is 2.72. The van der Waals surface area contributed by atoms with E-state index in [4.69, 9.17) is 5.11 Å². The third kappa shape index (κ3) is 1.23. The molecule has 2 N–H and O–H groups in total. The van der Waals surface area contributed by atoms with Crippen molar-refractivity contribution in [2.24, 2.45) is 11.8 Å². The highest BCUT2D eigenvalue weighted by Gasteiger charge is 2.45. The first-order chi connectivity index (χ1) is 4.79. The average molecular weight is 178 g/mol. The van der Waals surface area contributed by atoms with Crippen molar-refractivity contribution >= 4 is 18.4 Å². The van der Waals surface area contributed by atoms with Crippen molar-refractivity contribution in [1.82, 2.24) is 5.32 Å². The number of carboxylic acids is 1. The van der Waals surface area contributed by atoms with E-state index in [1.165, 1.54) is 0 Å². The maximum absolute atomic E-state index is 10.6. The first-order valence-corrected chi connectivity index (χ1v) is 3.75. The molecule has 0 amide bonds. The molecule has 0 spiro atoms. The van der Waals surface area contributed by atoms with Gasteiger partial charge in [-0.25, -0.2) is 0 Å². The van der Waals surface area contributed by atoms with Crippen molar-refractivity contribution in [3.05, 3.63) is 0 Å².